The fraction of sp³-hybridized carbons (Fsp3) is 0.615. The number of carbonyl (C=O) groups is 1. The summed E-state index contributed by atoms with van der Waals surface area (Å²) in [5.41, 5.74) is 0.448. The number of nitrogens with one attached hydrogen (secondary N) is 1. The molecule has 1 aliphatic heterocycles. The quantitative estimate of drug-likeness (QED) is 0.783. The molecule has 0 unspecified atom stereocenters. The Morgan fingerprint density at radius 2 is 2.19 bits per heavy atom. The number of ether oxygens (including phenoxy) is 1. The molecule has 0 amide bonds. The number of carbonyl (C=O) groups excluding carboxylic acids is 1. The summed E-state index contributed by atoms with van der Waals surface area (Å²) in [7, 11) is 3.24. The van der Waals surface area contributed by atoms with Crippen LogP contribution in [-0.4, -0.2) is 49.0 Å². The lowest BCUT2D eigenvalue weighted by molar-refractivity contribution is -0.141. The number of aromatic nitrogens is 2. The predicted octanol–water partition coefficient (Wildman–Crippen LogP) is 0.367. The maximum absolute atomic E-state index is 12.2. The van der Waals surface area contributed by atoms with Crippen molar-refractivity contribution in [2.24, 2.45) is 0 Å². The van der Waals surface area contributed by atoms with Gasteiger partial charge in [0.1, 0.15) is 11.0 Å². The van der Waals surface area contributed by atoms with Gasteiger partial charge in [0.25, 0.3) is 5.56 Å². The van der Waals surface area contributed by atoms with E-state index in [4.69, 9.17) is 0 Å². The maximum atomic E-state index is 12.2. The molecule has 0 aromatic carbocycles. The van der Waals surface area contributed by atoms with Gasteiger partial charge in [-0.05, 0) is 35.8 Å². The van der Waals surface area contributed by atoms with E-state index in [0.29, 0.717) is 10.5 Å². The number of piperidine rings is 1. The van der Waals surface area contributed by atoms with Crippen molar-refractivity contribution >= 4 is 27.6 Å². The number of halogens is 1. The second kappa shape index (κ2) is 7.04. The summed E-state index contributed by atoms with van der Waals surface area (Å²) in [5, 5.41) is 7.33. The van der Waals surface area contributed by atoms with Crippen molar-refractivity contribution in [1.82, 2.24) is 15.1 Å². The first-order valence-electron chi connectivity index (χ1n) is 6.81. The zero-order valence-corrected chi connectivity index (χ0v) is 13.7. The molecule has 21 heavy (non-hydrogen) atoms. The van der Waals surface area contributed by atoms with Crippen LogP contribution in [0.15, 0.2) is 15.5 Å². The van der Waals surface area contributed by atoms with Gasteiger partial charge in [0.2, 0.25) is 0 Å². The summed E-state index contributed by atoms with van der Waals surface area (Å²) in [6, 6.07) is 0.521. The minimum atomic E-state index is -0.501. The summed E-state index contributed by atoms with van der Waals surface area (Å²) >= 11 is 3.33. The molecule has 0 radical (unpaired) electrons. The number of anilines is 1. The van der Waals surface area contributed by atoms with Gasteiger partial charge in [0, 0.05) is 19.1 Å². The molecule has 1 saturated heterocycles. The fourth-order valence-electron chi connectivity index (χ4n) is 2.39. The Morgan fingerprint density at radius 1 is 1.52 bits per heavy atom. The largest absolute Gasteiger partial charge is 0.468 e. The van der Waals surface area contributed by atoms with E-state index >= 15 is 0 Å². The molecule has 1 aromatic rings. The molecule has 1 fully saturated rings. The highest BCUT2D eigenvalue weighted by atomic mass is 79.9. The second-order valence-corrected chi connectivity index (χ2v) is 5.73. The Hall–Kier alpha value is -1.41. The number of nitrogens with zero attached hydrogens (tertiary/aromatic N) is 3. The molecule has 0 atom stereocenters. The molecule has 1 N–H and O–H groups in total. The molecule has 8 heteroatoms. The van der Waals surface area contributed by atoms with Crippen LogP contribution in [0.4, 0.5) is 5.69 Å². The average Bonchev–Trinajstić information content (AvgIpc) is 2.52. The molecule has 0 saturated carbocycles. The van der Waals surface area contributed by atoms with Crippen molar-refractivity contribution in [3.8, 4) is 0 Å². The summed E-state index contributed by atoms with van der Waals surface area (Å²) in [5.74, 6) is -0.501. The van der Waals surface area contributed by atoms with Gasteiger partial charge in [-0.3, -0.25) is 9.59 Å². The standard InChI is InChI=1S/C13H19BrN4O3/c1-15-9-3-5-17(6-4-9)10-7-16-18(8-11(19)21-2)13(20)12(10)14/h7,9,15H,3-6,8H2,1-2H3. The zero-order valence-electron chi connectivity index (χ0n) is 12.1. The lowest BCUT2D eigenvalue weighted by Gasteiger charge is -2.33. The zero-order chi connectivity index (χ0) is 15.4. The van der Waals surface area contributed by atoms with Crippen LogP contribution in [0.5, 0.6) is 0 Å². The molecule has 1 aromatic heterocycles. The van der Waals surface area contributed by atoms with Gasteiger partial charge in [0.05, 0.1) is 19.0 Å². The van der Waals surface area contributed by atoms with E-state index in [9.17, 15) is 9.59 Å². The Morgan fingerprint density at radius 3 is 2.76 bits per heavy atom. The molecular weight excluding hydrogens is 340 g/mol. The smallest absolute Gasteiger partial charge is 0.327 e. The van der Waals surface area contributed by atoms with E-state index in [0.717, 1.165) is 36.3 Å². The van der Waals surface area contributed by atoms with E-state index in [-0.39, 0.29) is 12.1 Å². The third-order valence-electron chi connectivity index (χ3n) is 3.72. The fourth-order valence-corrected chi connectivity index (χ4v) is 2.94. The SMILES string of the molecule is CNC1CCN(c2cnn(CC(=O)OC)c(=O)c2Br)CC1. The monoisotopic (exact) mass is 358 g/mol. The third-order valence-corrected chi connectivity index (χ3v) is 4.46. The molecule has 2 heterocycles. The molecule has 116 valence electrons. The van der Waals surface area contributed by atoms with Crippen LogP contribution in [0.2, 0.25) is 0 Å². The highest BCUT2D eigenvalue weighted by molar-refractivity contribution is 9.10. The molecule has 0 spiro atoms. The topological polar surface area (TPSA) is 76.5 Å². The Balaban J connectivity index is 2.17. The van der Waals surface area contributed by atoms with Gasteiger partial charge in [-0.1, -0.05) is 0 Å². The minimum absolute atomic E-state index is 0.184. The van der Waals surface area contributed by atoms with Crippen molar-refractivity contribution in [1.29, 1.82) is 0 Å². The van der Waals surface area contributed by atoms with Crippen LogP contribution in [0.1, 0.15) is 12.8 Å². The van der Waals surface area contributed by atoms with Crippen LogP contribution in [0, 0.1) is 0 Å². The number of rotatable bonds is 4. The van der Waals surface area contributed by atoms with E-state index in [1.165, 1.54) is 7.11 Å². The summed E-state index contributed by atoms with van der Waals surface area (Å²) in [4.78, 5) is 25.6. The van der Waals surface area contributed by atoms with Crippen LogP contribution in [-0.2, 0) is 16.1 Å². The number of hydrogen-bond donors (Lipinski definition) is 1. The predicted molar refractivity (Wildman–Crippen MR) is 82.5 cm³/mol. The number of hydrogen-bond acceptors (Lipinski definition) is 6. The van der Waals surface area contributed by atoms with Crippen molar-refractivity contribution < 1.29 is 9.53 Å². The van der Waals surface area contributed by atoms with Gasteiger partial charge in [-0.25, -0.2) is 4.68 Å². The van der Waals surface area contributed by atoms with E-state index < -0.39 is 5.97 Å². The summed E-state index contributed by atoms with van der Waals surface area (Å²) in [6.45, 7) is 1.55. The van der Waals surface area contributed by atoms with Crippen molar-refractivity contribution in [3.05, 3.63) is 21.0 Å². The van der Waals surface area contributed by atoms with Gasteiger partial charge in [0.15, 0.2) is 0 Å². The van der Waals surface area contributed by atoms with Crippen LogP contribution >= 0.6 is 15.9 Å². The van der Waals surface area contributed by atoms with Gasteiger partial charge < -0.3 is 15.0 Å². The Kier molecular flexibility index (Phi) is 5.35. The number of esters is 1. The highest BCUT2D eigenvalue weighted by Crippen LogP contribution is 2.24. The third kappa shape index (κ3) is 3.62. The molecule has 2 rings (SSSR count). The number of methoxy groups -OCH3 is 1. The first-order chi connectivity index (χ1) is 10.1. The van der Waals surface area contributed by atoms with Crippen molar-refractivity contribution in [2.75, 3.05) is 32.1 Å². The van der Waals surface area contributed by atoms with Gasteiger partial charge in [-0.15, -0.1) is 0 Å². The van der Waals surface area contributed by atoms with E-state index in [2.05, 4.69) is 36.0 Å². The van der Waals surface area contributed by atoms with Crippen molar-refractivity contribution in [2.45, 2.75) is 25.4 Å². The lowest BCUT2D eigenvalue weighted by atomic mass is 10.1. The molecule has 1 aliphatic rings. The molecule has 0 bridgehead atoms. The summed E-state index contributed by atoms with van der Waals surface area (Å²) in [6.07, 6.45) is 3.66. The van der Waals surface area contributed by atoms with Crippen molar-refractivity contribution in [3.63, 3.8) is 0 Å². The highest BCUT2D eigenvalue weighted by Gasteiger charge is 2.21. The van der Waals surface area contributed by atoms with Crippen LogP contribution < -0.4 is 15.8 Å². The first kappa shape index (κ1) is 16.0. The van der Waals surface area contributed by atoms with Gasteiger partial charge in [-0.2, -0.15) is 5.10 Å². The van der Waals surface area contributed by atoms with E-state index in [1.54, 1.807) is 6.20 Å². The molecule has 7 nitrogen and oxygen atoms in total. The maximum Gasteiger partial charge on any atom is 0.327 e. The van der Waals surface area contributed by atoms with Crippen LogP contribution in [0.25, 0.3) is 0 Å². The normalized spacial score (nSPS) is 16.0. The Labute approximate surface area is 131 Å². The molecule has 0 aliphatic carbocycles. The first-order valence-corrected chi connectivity index (χ1v) is 7.60. The second-order valence-electron chi connectivity index (χ2n) is 4.93. The summed E-state index contributed by atoms with van der Waals surface area (Å²) < 4.78 is 6.08. The van der Waals surface area contributed by atoms with Crippen LogP contribution in [0.3, 0.4) is 0 Å². The van der Waals surface area contributed by atoms with E-state index in [1.807, 2.05) is 7.05 Å². The molecular formula is C13H19BrN4O3. The lowest BCUT2D eigenvalue weighted by Crippen LogP contribution is -2.42. The Bertz CT molecular complexity index is 567. The van der Waals surface area contributed by atoms with Gasteiger partial charge >= 0.3 is 5.97 Å². The average molecular weight is 359 g/mol. The minimum Gasteiger partial charge on any atom is -0.468 e.